The van der Waals surface area contributed by atoms with Crippen LogP contribution in [0.2, 0.25) is 0 Å². The molecule has 1 heterocycles. The molecule has 17 heavy (non-hydrogen) atoms. The van der Waals surface area contributed by atoms with E-state index >= 15 is 0 Å². The van der Waals surface area contributed by atoms with Crippen molar-refractivity contribution in [3.05, 3.63) is 30.3 Å². The lowest BCUT2D eigenvalue weighted by Gasteiger charge is -2.43. The fraction of sp³-hybridized carbons (Fsp3) is 0.462. The van der Waals surface area contributed by atoms with Crippen molar-refractivity contribution in [2.45, 2.75) is 19.0 Å². The summed E-state index contributed by atoms with van der Waals surface area (Å²) >= 11 is 0. The second-order valence-electron chi connectivity index (χ2n) is 4.54. The highest BCUT2D eigenvalue weighted by Crippen LogP contribution is 2.22. The van der Waals surface area contributed by atoms with Crippen molar-refractivity contribution in [3.63, 3.8) is 0 Å². The Balaban J connectivity index is 2.30. The third kappa shape index (κ3) is 2.13. The number of para-hydroxylation sites is 1. The van der Waals surface area contributed by atoms with Crippen LogP contribution in [0, 0.1) is 0 Å². The largest absolute Gasteiger partial charge is 0.356 e. The molecule has 1 fully saturated rings. The molecule has 2 unspecified atom stereocenters. The Morgan fingerprint density at radius 2 is 2.00 bits per heavy atom. The number of carbonyl (C=O) groups is 1. The van der Waals surface area contributed by atoms with Gasteiger partial charge in [0.25, 0.3) is 0 Å². The smallest absolute Gasteiger partial charge is 0.246 e. The highest BCUT2D eigenvalue weighted by molar-refractivity contribution is 5.87. The Labute approximate surface area is 102 Å². The van der Waals surface area contributed by atoms with E-state index in [0.717, 1.165) is 12.2 Å². The van der Waals surface area contributed by atoms with Gasteiger partial charge in [0.05, 0.1) is 0 Å². The summed E-state index contributed by atoms with van der Waals surface area (Å²) in [7, 11) is 1.85. The standard InChI is InChI=1S/C13H19N3O/c1-10-9-16(11-6-4-3-5-7-11)12(8-14)13(17)15(10)2/h3-7,10,12H,8-9,14H2,1-2H3. The number of carbonyl (C=O) groups excluding carboxylic acids is 1. The van der Waals surface area contributed by atoms with Gasteiger partial charge in [-0.3, -0.25) is 4.79 Å². The average Bonchev–Trinajstić information content (AvgIpc) is 2.36. The van der Waals surface area contributed by atoms with Crippen molar-refractivity contribution >= 4 is 11.6 Å². The number of likely N-dealkylation sites (N-methyl/N-ethyl adjacent to an activating group) is 1. The Bertz CT molecular complexity index is 393. The lowest BCUT2D eigenvalue weighted by atomic mass is 10.1. The van der Waals surface area contributed by atoms with E-state index in [4.69, 9.17) is 5.73 Å². The molecule has 1 aliphatic heterocycles. The first kappa shape index (κ1) is 11.9. The van der Waals surface area contributed by atoms with E-state index < -0.39 is 0 Å². The number of benzene rings is 1. The molecule has 2 atom stereocenters. The van der Waals surface area contributed by atoms with Gasteiger partial charge in [0.1, 0.15) is 6.04 Å². The molecule has 2 N–H and O–H groups in total. The van der Waals surface area contributed by atoms with Gasteiger partial charge in [-0.25, -0.2) is 0 Å². The zero-order valence-corrected chi connectivity index (χ0v) is 10.3. The van der Waals surface area contributed by atoms with Crippen molar-refractivity contribution in [3.8, 4) is 0 Å². The van der Waals surface area contributed by atoms with Crippen molar-refractivity contribution in [2.24, 2.45) is 5.73 Å². The fourth-order valence-corrected chi connectivity index (χ4v) is 2.25. The van der Waals surface area contributed by atoms with Gasteiger partial charge in [-0.1, -0.05) is 18.2 Å². The number of nitrogens with two attached hydrogens (primary N) is 1. The zero-order valence-electron chi connectivity index (χ0n) is 10.3. The molecule has 0 bridgehead atoms. The molecule has 4 heteroatoms. The van der Waals surface area contributed by atoms with E-state index in [1.807, 2.05) is 37.4 Å². The third-order valence-corrected chi connectivity index (χ3v) is 3.44. The van der Waals surface area contributed by atoms with Crippen LogP contribution < -0.4 is 10.6 Å². The Morgan fingerprint density at radius 3 is 2.59 bits per heavy atom. The molecule has 92 valence electrons. The molecular weight excluding hydrogens is 214 g/mol. The Hall–Kier alpha value is -1.55. The van der Waals surface area contributed by atoms with Gasteiger partial charge in [-0.15, -0.1) is 0 Å². The van der Waals surface area contributed by atoms with E-state index in [-0.39, 0.29) is 18.0 Å². The molecule has 0 saturated carbocycles. The van der Waals surface area contributed by atoms with E-state index in [1.165, 1.54) is 0 Å². The minimum absolute atomic E-state index is 0.107. The molecule has 1 amide bonds. The minimum atomic E-state index is -0.237. The van der Waals surface area contributed by atoms with Crippen molar-refractivity contribution in [2.75, 3.05) is 25.0 Å². The maximum Gasteiger partial charge on any atom is 0.246 e. The number of nitrogens with zero attached hydrogens (tertiary/aromatic N) is 2. The third-order valence-electron chi connectivity index (χ3n) is 3.44. The summed E-state index contributed by atoms with van der Waals surface area (Å²) in [5.41, 5.74) is 6.81. The van der Waals surface area contributed by atoms with Crippen LogP contribution in [-0.2, 0) is 4.79 Å². The van der Waals surface area contributed by atoms with Crippen LogP contribution in [0.4, 0.5) is 5.69 Å². The van der Waals surface area contributed by atoms with Gasteiger partial charge < -0.3 is 15.5 Å². The van der Waals surface area contributed by atoms with Crippen molar-refractivity contribution in [1.82, 2.24) is 4.90 Å². The van der Waals surface area contributed by atoms with Gasteiger partial charge in [-0.05, 0) is 19.1 Å². The van der Waals surface area contributed by atoms with E-state index in [2.05, 4.69) is 11.8 Å². The molecule has 1 aromatic rings. The van der Waals surface area contributed by atoms with E-state index in [9.17, 15) is 4.79 Å². The molecule has 2 rings (SSSR count). The van der Waals surface area contributed by atoms with Crippen LogP contribution in [0.15, 0.2) is 30.3 Å². The first-order valence-corrected chi connectivity index (χ1v) is 5.93. The summed E-state index contributed by atoms with van der Waals surface area (Å²) in [5, 5.41) is 0. The molecule has 0 radical (unpaired) electrons. The number of rotatable bonds is 2. The van der Waals surface area contributed by atoms with Crippen LogP contribution >= 0.6 is 0 Å². The fourth-order valence-electron chi connectivity index (χ4n) is 2.25. The maximum absolute atomic E-state index is 12.2. The first-order valence-electron chi connectivity index (χ1n) is 5.93. The predicted octanol–water partition coefficient (Wildman–Crippen LogP) is 0.681. The normalized spacial score (nSPS) is 25.2. The molecule has 0 aromatic heterocycles. The lowest BCUT2D eigenvalue weighted by molar-refractivity contribution is -0.134. The van der Waals surface area contributed by atoms with E-state index in [1.54, 1.807) is 4.90 Å². The summed E-state index contributed by atoms with van der Waals surface area (Å²) < 4.78 is 0. The Morgan fingerprint density at radius 1 is 1.35 bits per heavy atom. The topological polar surface area (TPSA) is 49.6 Å². The predicted molar refractivity (Wildman–Crippen MR) is 68.9 cm³/mol. The second-order valence-corrected chi connectivity index (χ2v) is 4.54. The van der Waals surface area contributed by atoms with Crippen molar-refractivity contribution < 1.29 is 4.79 Å². The minimum Gasteiger partial charge on any atom is -0.356 e. The number of piperazine rings is 1. The lowest BCUT2D eigenvalue weighted by Crippen LogP contribution is -2.62. The molecule has 1 saturated heterocycles. The van der Waals surface area contributed by atoms with Gasteiger partial charge in [-0.2, -0.15) is 0 Å². The number of amides is 1. The molecular formula is C13H19N3O. The molecule has 1 aliphatic rings. The molecule has 4 nitrogen and oxygen atoms in total. The van der Waals surface area contributed by atoms with Gasteiger partial charge >= 0.3 is 0 Å². The number of hydrogen-bond donors (Lipinski definition) is 1. The average molecular weight is 233 g/mol. The Kier molecular flexibility index (Phi) is 3.33. The van der Waals surface area contributed by atoms with Crippen molar-refractivity contribution in [1.29, 1.82) is 0 Å². The summed E-state index contributed by atoms with van der Waals surface area (Å²) in [6.07, 6.45) is 0. The number of hydrogen-bond acceptors (Lipinski definition) is 3. The number of anilines is 1. The first-order chi connectivity index (χ1) is 8.15. The summed E-state index contributed by atoms with van der Waals surface area (Å²) in [4.78, 5) is 16.0. The maximum atomic E-state index is 12.2. The summed E-state index contributed by atoms with van der Waals surface area (Å²) in [5.74, 6) is 0.107. The molecule has 0 aliphatic carbocycles. The van der Waals surface area contributed by atoms with Crippen LogP contribution in [0.5, 0.6) is 0 Å². The molecule has 1 aromatic carbocycles. The van der Waals surface area contributed by atoms with Gasteiger partial charge in [0, 0.05) is 31.9 Å². The quantitative estimate of drug-likeness (QED) is 0.817. The van der Waals surface area contributed by atoms with Crippen LogP contribution in [-0.4, -0.2) is 43.0 Å². The zero-order chi connectivity index (χ0) is 12.4. The summed E-state index contributed by atoms with van der Waals surface area (Å²) in [6, 6.07) is 9.96. The highest BCUT2D eigenvalue weighted by Gasteiger charge is 2.35. The van der Waals surface area contributed by atoms with Crippen LogP contribution in [0.25, 0.3) is 0 Å². The van der Waals surface area contributed by atoms with Gasteiger partial charge in [0.15, 0.2) is 0 Å². The van der Waals surface area contributed by atoms with Crippen LogP contribution in [0.1, 0.15) is 6.92 Å². The SMILES string of the molecule is CC1CN(c2ccccc2)C(CN)C(=O)N1C. The van der Waals surface area contributed by atoms with E-state index in [0.29, 0.717) is 6.54 Å². The second kappa shape index (κ2) is 4.75. The van der Waals surface area contributed by atoms with Crippen LogP contribution in [0.3, 0.4) is 0 Å². The van der Waals surface area contributed by atoms with Gasteiger partial charge in [0.2, 0.25) is 5.91 Å². The monoisotopic (exact) mass is 233 g/mol. The highest BCUT2D eigenvalue weighted by atomic mass is 16.2. The molecule has 0 spiro atoms. The summed E-state index contributed by atoms with van der Waals surface area (Å²) in [6.45, 7) is 3.24.